The number of ether oxygens (including phenoxy) is 1. The van der Waals surface area contributed by atoms with Gasteiger partial charge in [-0.3, -0.25) is 4.79 Å². The molecule has 0 bridgehead atoms. The number of aromatic nitrogens is 1. The van der Waals surface area contributed by atoms with Crippen molar-refractivity contribution in [3.63, 3.8) is 0 Å². The lowest BCUT2D eigenvalue weighted by Gasteiger charge is -2.27. The lowest BCUT2D eigenvalue weighted by atomic mass is 10.0. The van der Waals surface area contributed by atoms with Crippen molar-refractivity contribution in [1.82, 2.24) is 4.57 Å². The number of pyridine rings is 1. The second-order valence-corrected chi connectivity index (χ2v) is 7.70. The number of fused-ring (bicyclic) bond motifs is 1. The number of anilines is 1. The highest BCUT2D eigenvalue weighted by Crippen LogP contribution is 2.47. The molecule has 0 unspecified atom stereocenters. The van der Waals surface area contributed by atoms with Gasteiger partial charge in [-0.15, -0.1) is 13.2 Å². The van der Waals surface area contributed by atoms with Gasteiger partial charge < -0.3 is 25.0 Å². The van der Waals surface area contributed by atoms with Gasteiger partial charge in [0.05, 0.1) is 10.9 Å². The molecule has 1 saturated heterocycles. The molecule has 7 nitrogen and oxygen atoms in total. The monoisotopic (exact) mass is 429 g/mol. The maximum Gasteiger partial charge on any atom is 0.573 e. The lowest BCUT2D eigenvalue weighted by Crippen LogP contribution is -2.30. The van der Waals surface area contributed by atoms with E-state index in [0.717, 1.165) is 6.20 Å². The number of nitrogens with zero attached hydrogens (tertiary/aromatic N) is 2. The molecule has 1 saturated carbocycles. The Morgan fingerprint density at radius 1 is 1.30 bits per heavy atom. The molecule has 30 heavy (non-hydrogen) atoms. The average Bonchev–Trinajstić information content (AvgIpc) is 3.39. The fourth-order valence-corrected chi connectivity index (χ4v) is 3.99. The number of hydrogen-bond donors (Lipinski definition) is 2. The van der Waals surface area contributed by atoms with Gasteiger partial charge in [-0.25, -0.2) is 9.18 Å². The maximum absolute atomic E-state index is 15.4. The molecule has 2 heterocycles. The van der Waals surface area contributed by atoms with Crippen LogP contribution in [0.5, 0.6) is 5.75 Å². The SMILES string of the molecule is Cc1c(F)c(N2CC[C@H](N)C2)c(OC(F)(F)F)c2c1c(=O)c(C(=O)O)cn2C1CC1. The smallest absolute Gasteiger partial charge is 0.477 e. The molecule has 3 N–H and O–H groups in total. The van der Waals surface area contributed by atoms with E-state index in [1.807, 2.05) is 0 Å². The third kappa shape index (κ3) is 3.36. The number of aryl methyl sites for hydroxylation is 1. The Bertz CT molecular complexity index is 1110. The summed E-state index contributed by atoms with van der Waals surface area (Å²) in [5.74, 6) is -3.43. The van der Waals surface area contributed by atoms with Gasteiger partial charge in [-0.2, -0.15) is 0 Å². The van der Waals surface area contributed by atoms with E-state index in [9.17, 15) is 27.9 Å². The van der Waals surface area contributed by atoms with Gasteiger partial charge in [-0.1, -0.05) is 0 Å². The molecule has 11 heteroatoms. The Morgan fingerprint density at radius 2 is 1.97 bits per heavy atom. The number of carbonyl (C=O) groups is 1. The molecular formula is C19H19F4N3O4. The van der Waals surface area contributed by atoms with E-state index in [2.05, 4.69) is 4.74 Å². The van der Waals surface area contributed by atoms with E-state index in [-0.39, 0.29) is 36.3 Å². The second-order valence-electron chi connectivity index (χ2n) is 7.70. The third-order valence-corrected chi connectivity index (χ3v) is 5.51. The van der Waals surface area contributed by atoms with Crippen LogP contribution in [-0.2, 0) is 0 Å². The number of halogens is 4. The van der Waals surface area contributed by atoms with Crippen LogP contribution in [0.25, 0.3) is 10.9 Å². The molecule has 1 aliphatic carbocycles. The third-order valence-electron chi connectivity index (χ3n) is 5.51. The van der Waals surface area contributed by atoms with Crippen molar-refractivity contribution in [3.05, 3.63) is 33.4 Å². The van der Waals surface area contributed by atoms with E-state index in [1.165, 1.54) is 16.4 Å². The first-order valence-corrected chi connectivity index (χ1v) is 9.40. The summed E-state index contributed by atoms with van der Waals surface area (Å²) in [7, 11) is 0. The number of carboxylic acid groups (broad SMARTS) is 1. The van der Waals surface area contributed by atoms with E-state index in [0.29, 0.717) is 19.3 Å². The van der Waals surface area contributed by atoms with Crippen molar-refractivity contribution in [2.45, 2.75) is 44.6 Å². The first-order valence-electron chi connectivity index (χ1n) is 9.40. The molecule has 1 aromatic heterocycles. The minimum absolute atomic E-state index is 0.122. The van der Waals surface area contributed by atoms with Crippen LogP contribution in [0.4, 0.5) is 23.2 Å². The zero-order valence-corrected chi connectivity index (χ0v) is 15.9. The number of rotatable bonds is 4. The number of alkyl halides is 3. The first-order chi connectivity index (χ1) is 14.0. The molecule has 1 atom stereocenters. The van der Waals surface area contributed by atoms with E-state index < -0.39 is 46.0 Å². The maximum atomic E-state index is 15.4. The molecule has 0 radical (unpaired) electrons. The van der Waals surface area contributed by atoms with Gasteiger partial charge >= 0.3 is 12.3 Å². The molecule has 2 aliphatic rings. The number of carboxylic acids is 1. The van der Waals surface area contributed by atoms with Crippen molar-refractivity contribution < 1.29 is 32.2 Å². The van der Waals surface area contributed by atoms with Gasteiger partial charge in [0.2, 0.25) is 5.43 Å². The summed E-state index contributed by atoms with van der Waals surface area (Å²) in [4.78, 5) is 25.7. The highest BCUT2D eigenvalue weighted by atomic mass is 19.4. The average molecular weight is 429 g/mol. The van der Waals surface area contributed by atoms with Crippen LogP contribution < -0.4 is 20.8 Å². The topological polar surface area (TPSA) is 97.8 Å². The zero-order chi connectivity index (χ0) is 22.0. The van der Waals surface area contributed by atoms with Crippen LogP contribution in [0, 0.1) is 12.7 Å². The number of hydrogen-bond acceptors (Lipinski definition) is 5. The Labute approximate surface area is 167 Å². The molecule has 1 aliphatic heterocycles. The Morgan fingerprint density at radius 3 is 2.47 bits per heavy atom. The van der Waals surface area contributed by atoms with Gasteiger partial charge in [-0.05, 0) is 26.2 Å². The van der Waals surface area contributed by atoms with Crippen LogP contribution in [0.3, 0.4) is 0 Å². The van der Waals surface area contributed by atoms with Gasteiger partial charge in [0.15, 0.2) is 11.6 Å². The minimum Gasteiger partial charge on any atom is -0.477 e. The molecule has 0 amide bonds. The summed E-state index contributed by atoms with van der Waals surface area (Å²) in [5, 5.41) is 8.96. The minimum atomic E-state index is -5.15. The van der Waals surface area contributed by atoms with E-state index in [4.69, 9.17) is 5.73 Å². The zero-order valence-electron chi connectivity index (χ0n) is 15.9. The summed E-state index contributed by atoms with van der Waals surface area (Å²) in [5.41, 5.74) is 3.28. The standard InChI is InChI=1S/C19H19F4N3O4/c1-8-12-14(26(10-2-3-10)7-11(16(12)27)18(28)29)17(30-19(21,22)23)15(13(8)20)25-5-4-9(24)6-25/h7,9-10H,2-6,24H2,1H3,(H,28,29)/t9-/m0/s1. The summed E-state index contributed by atoms with van der Waals surface area (Å²) in [6.45, 7) is 1.59. The Hall–Kier alpha value is -2.82. The van der Waals surface area contributed by atoms with Crippen molar-refractivity contribution in [3.8, 4) is 5.75 Å². The quantitative estimate of drug-likeness (QED) is 0.726. The van der Waals surface area contributed by atoms with Crippen LogP contribution in [0.2, 0.25) is 0 Å². The molecule has 2 aromatic rings. The summed E-state index contributed by atoms with van der Waals surface area (Å²) in [6.07, 6.45) is -2.51. The van der Waals surface area contributed by atoms with Crippen LogP contribution >= 0.6 is 0 Å². The molecular weight excluding hydrogens is 410 g/mol. The van der Waals surface area contributed by atoms with Crippen LogP contribution in [0.1, 0.15) is 41.2 Å². The summed E-state index contributed by atoms with van der Waals surface area (Å²) >= 11 is 0. The highest BCUT2D eigenvalue weighted by Gasteiger charge is 2.39. The van der Waals surface area contributed by atoms with Crippen molar-refractivity contribution >= 4 is 22.6 Å². The van der Waals surface area contributed by atoms with Crippen LogP contribution in [-0.4, -0.2) is 41.1 Å². The number of benzene rings is 1. The van der Waals surface area contributed by atoms with Gasteiger partial charge in [0.1, 0.15) is 11.3 Å². The number of aromatic carboxylic acids is 1. The first kappa shape index (κ1) is 20.5. The fraction of sp³-hybridized carbons (Fsp3) is 0.474. The molecule has 2 fully saturated rings. The molecule has 0 spiro atoms. The Kier molecular flexibility index (Phi) is 4.68. The van der Waals surface area contributed by atoms with Gasteiger partial charge in [0, 0.05) is 36.9 Å². The molecule has 162 valence electrons. The predicted octanol–water partition coefficient (Wildman–Crippen LogP) is 2.92. The molecule has 4 rings (SSSR count). The number of nitrogens with two attached hydrogens (primary N) is 1. The van der Waals surface area contributed by atoms with Crippen molar-refractivity contribution in [1.29, 1.82) is 0 Å². The lowest BCUT2D eigenvalue weighted by molar-refractivity contribution is -0.274. The fourth-order valence-electron chi connectivity index (χ4n) is 3.99. The van der Waals surface area contributed by atoms with E-state index >= 15 is 4.39 Å². The van der Waals surface area contributed by atoms with Crippen molar-refractivity contribution in [2.24, 2.45) is 5.73 Å². The van der Waals surface area contributed by atoms with Gasteiger partial charge in [0.25, 0.3) is 0 Å². The highest BCUT2D eigenvalue weighted by molar-refractivity contribution is 5.99. The summed E-state index contributed by atoms with van der Waals surface area (Å²) in [6, 6.07) is -0.653. The molecule has 1 aromatic carbocycles. The Balaban J connectivity index is 2.15. The summed E-state index contributed by atoms with van der Waals surface area (Å²) < 4.78 is 61.0. The van der Waals surface area contributed by atoms with E-state index in [1.54, 1.807) is 0 Å². The van der Waals surface area contributed by atoms with Crippen LogP contribution in [0.15, 0.2) is 11.0 Å². The van der Waals surface area contributed by atoms with Crippen molar-refractivity contribution in [2.75, 3.05) is 18.0 Å². The predicted molar refractivity (Wildman–Crippen MR) is 99.6 cm³/mol. The largest absolute Gasteiger partial charge is 0.573 e. The second kappa shape index (κ2) is 6.86. The normalized spacial score (nSPS) is 19.5.